The fourth-order valence-corrected chi connectivity index (χ4v) is 2.58. The second kappa shape index (κ2) is 7.97. The first-order chi connectivity index (χ1) is 11.8. The van der Waals surface area contributed by atoms with E-state index in [0.717, 1.165) is 16.7 Å². The molecule has 0 aliphatic carbocycles. The Labute approximate surface area is 149 Å². The van der Waals surface area contributed by atoms with Gasteiger partial charge in [0, 0.05) is 6.21 Å². The van der Waals surface area contributed by atoms with E-state index < -0.39 is 5.97 Å². The number of nitrogens with zero attached hydrogens (tertiary/aromatic N) is 1. The molecule has 2 aromatic rings. The summed E-state index contributed by atoms with van der Waals surface area (Å²) in [7, 11) is 0. The van der Waals surface area contributed by atoms with Crippen LogP contribution < -0.4 is 0 Å². The maximum Gasteiger partial charge on any atom is 0.307 e. The first-order valence-corrected chi connectivity index (χ1v) is 8.36. The molecule has 132 valence electrons. The van der Waals surface area contributed by atoms with Crippen LogP contribution in [0.2, 0.25) is 0 Å². The number of oxime groups is 1. The normalized spacial score (nSPS) is 13.0. The lowest BCUT2D eigenvalue weighted by molar-refractivity contribution is -0.136. The number of carboxylic acids is 1. The number of carbonyl (C=O) groups is 1. The van der Waals surface area contributed by atoms with E-state index in [1.807, 2.05) is 24.3 Å². The Morgan fingerprint density at radius 3 is 2.04 bits per heavy atom. The number of hydrogen-bond acceptors (Lipinski definition) is 3. The summed E-state index contributed by atoms with van der Waals surface area (Å²) in [5.41, 5.74) is 4.05. The molecule has 0 saturated carbocycles. The SMILES string of the molecule is C/C=N/OC(c1ccc(CC(=O)O)cc1)c1ccc(C(C)(C)C)cc1. The maximum atomic E-state index is 10.8. The summed E-state index contributed by atoms with van der Waals surface area (Å²) in [6, 6.07) is 15.8. The Kier molecular flexibility index (Phi) is 5.97. The van der Waals surface area contributed by atoms with Gasteiger partial charge in [0.25, 0.3) is 0 Å². The molecule has 0 aromatic heterocycles. The quantitative estimate of drug-likeness (QED) is 0.612. The highest BCUT2D eigenvalue weighted by molar-refractivity contribution is 5.70. The second-order valence-corrected chi connectivity index (χ2v) is 7.03. The molecule has 25 heavy (non-hydrogen) atoms. The van der Waals surface area contributed by atoms with Gasteiger partial charge in [-0.1, -0.05) is 74.5 Å². The minimum atomic E-state index is -0.839. The highest BCUT2D eigenvalue weighted by Gasteiger charge is 2.18. The topological polar surface area (TPSA) is 58.9 Å². The van der Waals surface area contributed by atoms with E-state index in [-0.39, 0.29) is 17.9 Å². The predicted molar refractivity (Wildman–Crippen MR) is 100 cm³/mol. The van der Waals surface area contributed by atoms with Gasteiger partial charge in [0.1, 0.15) is 0 Å². The van der Waals surface area contributed by atoms with E-state index in [0.29, 0.717) is 0 Å². The fourth-order valence-electron chi connectivity index (χ4n) is 2.58. The molecule has 0 aliphatic heterocycles. The van der Waals surface area contributed by atoms with E-state index in [9.17, 15) is 4.79 Å². The molecule has 4 heteroatoms. The van der Waals surface area contributed by atoms with E-state index in [1.165, 1.54) is 5.56 Å². The first kappa shape index (κ1) is 18.7. The molecule has 0 spiro atoms. The van der Waals surface area contributed by atoms with Crippen LogP contribution in [0, 0.1) is 0 Å². The molecule has 0 amide bonds. The third-order valence-corrected chi connectivity index (χ3v) is 3.99. The number of carboxylic acid groups (broad SMARTS) is 1. The standard InChI is InChI=1S/C21H25NO3/c1-5-22-25-20(16-8-6-15(7-9-16)14-19(23)24)17-10-12-18(13-11-17)21(2,3)4/h5-13,20H,14H2,1-4H3,(H,23,24)/b22-5+. The van der Waals surface area contributed by atoms with Gasteiger partial charge in [0.15, 0.2) is 6.10 Å². The minimum Gasteiger partial charge on any atom is -0.481 e. The summed E-state index contributed by atoms with van der Waals surface area (Å²) in [5.74, 6) is -0.839. The molecule has 0 heterocycles. The van der Waals surface area contributed by atoms with Gasteiger partial charge in [-0.2, -0.15) is 0 Å². The van der Waals surface area contributed by atoms with Crippen molar-refractivity contribution < 1.29 is 14.7 Å². The highest BCUT2D eigenvalue weighted by atomic mass is 16.6. The fraction of sp³-hybridized carbons (Fsp3) is 0.333. The average Bonchev–Trinajstić information content (AvgIpc) is 2.56. The van der Waals surface area contributed by atoms with Gasteiger partial charge < -0.3 is 9.94 Å². The summed E-state index contributed by atoms with van der Waals surface area (Å²) in [4.78, 5) is 16.5. The minimum absolute atomic E-state index is 0.0131. The van der Waals surface area contributed by atoms with Crippen molar-refractivity contribution in [3.8, 4) is 0 Å². The van der Waals surface area contributed by atoms with E-state index in [1.54, 1.807) is 13.1 Å². The Morgan fingerprint density at radius 2 is 1.60 bits per heavy atom. The Hall–Kier alpha value is -2.62. The molecule has 2 rings (SSSR count). The Bertz CT molecular complexity index is 725. The average molecular weight is 339 g/mol. The molecule has 4 nitrogen and oxygen atoms in total. The van der Waals surface area contributed by atoms with Gasteiger partial charge >= 0.3 is 5.97 Å². The largest absolute Gasteiger partial charge is 0.481 e. The van der Waals surface area contributed by atoms with Gasteiger partial charge in [-0.05, 0) is 34.6 Å². The van der Waals surface area contributed by atoms with Gasteiger partial charge in [0.05, 0.1) is 6.42 Å². The van der Waals surface area contributed by atoms with Crippen molar-refractivity contribution in [3.05, 3.63) is 70.8 Å². The summed E-state index contributed by atoms with van der Waals surface area (Å²) in [5, 5.41) is 12.8. The number of rotatable bonds is 6. The lowest BCUT2D eigenvalue weighted by atomic mass is 9.86. The molecule has 1 N–H and O–H groups in total. The Morgan fingerprint density at radius 1 is 1.08 bits per heavy atom. The molecule has 0 radical (unpaired) electrons. The van der Waals surface area contributed by atoms with E-state index >= 15 is 0 Å². The van der Waals surface area contributed by atoms with Crippen LogP contribution in [-0.4, -0.2) is 17.3 Å². The van der Waals surface area contributed by atoms with Gasteiger partial charge in [0.2, 0.25) is 0 Å². The van der Waals surface area contributed by atoms with Crippen LogP contribution in [0.3, 0.4) is 0 Å². The molecule has 0 saturated heterocycles. The molecule has 1 atom stereocenters. The van der Waals surface area contributed by atoms with Crippen molar-refractivity contribution in [2.75, 3.05) is 0 Å². The van der Waals surface area contributed by atoms with Gasteiger partial charge in [-0.3, -0.25) is 4.79 Å². The lowest BCUT2D eigenvalue weighted by Gasteiger charge is -2.21. The number of hydrogen-bond donors (Lipinski definition) is 1. The van der Waals surface area contributed by atoms with Crippen molar-refractivity contribution >= 4 is 12.2 Å². The van der Waals surface area contributed by atoms with Gasteiger partial charge in [-0.25, -0.2) is 0 Å². The van der Waals surface area contributed by atoms with Crippen molar-refractivity contribution in [1.29, 1.82) is 0 Å². The summed E-state index contributed by atoms with van der Waals surface area (Å²) in [6.45, 7) is 8.34. The van der Waals surface area contributed by atoms with E-state index in [4.69, 9.17) is 9.94 Å². The van der Waals surface area contributed by atoms with Crippen LogP contribution in [0.4, 0.5) is 0 Å². The molecule has 0 aliphatic rings. The first-order valence-electron chi connectivity index (χ1n) is 8.36. The molecule has 1 unspecified atom stereocenters. The van der Waals surface area contributed by atoms with Crippen LogP contribution in [-0.2, 0) is 21.5 Å². The maximum absolute atomic E-state index is 10.8. The van der Waals surface area contributed by atoms with Crippen LogP contribution >= 0.6 is 0 Å². The zero-order valence-corrected chi connectivity index (χ0v) is 15.2. The van der Waals surface area contributed by atoms with Crippen LogP contribution in [0.1, 0.15) is 56.1 Å². The highest BCUT2D eigenvalue weighted by Crippen LogP contribution is 2.29. The lowest BCUT2D eigenvalue weighted by Crippen LogP contribution is -2.11. The summed E-state index contributed by atoms with van der Waals surface area (Å²) >= 11 is 0. The Balaban J connectivity index is 2.31. The van der Waals surface area contributed by atoms with Crippen LogP contribution in [0.15, 0.2) is 53.7 Å². The third-order valence-electron chi connectivity index (χ3n) is 3.99. The number of benzene rings is 2. The molecular formula is C21H25NO3. The molecule has 2 aromatic carbocycles. The second-order valence-electron chi connectivity index (χ2n) is 7.03. The zero-order chi connectivity index (χ0) is 18.4. The molecule has 0 bridgehead atoms. The smallest absolute Gasteiger partial charge is 0.307 e. The molecule has 0 fully saturated rings. The zero-order valence-electron chi connectivity index (χ0n) is 15.2. The van der Waals surface area contributed by atoms with Crippen LogP contribution in [0.25, 0.3) is 0 Å². The van der Waals surface area contributed by atoms with Crippen LogP contribution in [0.5, 0.6) is 0 Å². The number of aliphatic carboxylic acids is 1. The summed E-state index contributed by atoms with van der Waals surface area (Å²) in [6.07, 6.45) is 1.29. The van der Waals surface area contributed by atoms with Crippen molar-refractivity contribution in [1.82, 2.24) is 0 Å². The summed E-state index contributed by atoms with van der Waals surface area (Å²) < 4.78 is 0. The predicted octanol–water partition coefficient (Wildman–Crippen LogP) is 4.72. The van der Waals surface area contributed by atoms with Crippen molar-refractivity contribution in [2.45, 2.75) is 45.6 Å². The van der Waals surface area contributed by atoms with Crippen molar-refractivity contribution in [2.24, 2.45) is 5.16 Å². The molecular weight excluding hydrogens is 314 g/mol. The van der Waals surface area contributed by atoms with Gasteiger partial charge in [-0.15, -0.1) is 0 Å². The van der Waals surface area contributed by atoms with E-state index in [2.05, 4.69) is 50.2 Å². The van der Waals surface area contributed by atoms with Crippen molar-refractivity contribution in [3.63, 3.8) is 0 Å². The monoisotopic (exact) mass is 339 g/mol. The third kappa shape index (κ3) is 5.18.